The van der Waals surface area contributed by atoms with E-state index in [4.69, 9.17) is 13.8 Å². The van der Waals surface area contributed by atoms with Crippen LogP contribution in [0.5, 0.6) is 0 Å². The molecule has 0 bridgehead atoms. The van der Waals surface area contributed by atoms with E-state index >= 15 is 0 Å². The number of ether oxygens (including phenoxy) is 1. The summed E-state index contributed by atoms with van der Waals surface area (Å²) in [5.74, 6) is -0.496. The number of phosphoric ester groups is 1. The van der Waals surface area contributed by atoms with Crippen LogP contribution in [0.1, 0.15) is 303 Å². The molecule has 3 atom stereocenters. The van der Waals surface area contributed by atoms with Crippen LogP contribution in [-0.2, 0) is 27.9 Å². The SMILES string of the molecule is CCCCCC/C=C\CCCCCCCCCC(=O)NC(COP(=O)(O)OCC[N+](C)(C)C)C(/C=C/CCCCCCCCCCC)OC(=O)CCCCCCCCCCCCCCCCCCCCC. The van der Waals surface area contributed by atoms with Crippen molar-refractivity contribution in [3.05, 3.63) is 24.3 Å². The average molecular weight is 1020 g/mol. The Labute approximate surface area is 441 Å². The number of phosphoric acid groups is 1. The maximum atomic E-state index is 13.5. The number of rotatable bonds is 56. The minimum Gasteiger partial charge on any atom is -0.456 e. The average Bonchev–Trinajstić information content (AvgIpc) is 3.33. The van der Waals surface area contributed by atoms with Crippen molar-refractivity contribution in [2.45, 2.75) is 315 Å². The molecular weight excluding hydrogens is 904 g/mol. The summed E-state index contributed by atoms with van der Waals surface area (Å²) in [6.45, 7) is 7.03. The first-order chi connectivity index (χ1) is 34.4. The molecule has 0 fully saturated rings. The molecule has 0 rings (SSSR count). The van der Waals surface area contributed by atoms with E-state index in [9.17, 15) is 19.0 Å². The number of esters is 1. The van der Waals surface area contributed by atoms with Crippen LogP contribution in [0.4, 0.5) is 0 Å². The number of hydrogen-bond donors (Lipinski definition) is 2. The molecule has 3 unspecified atom stereocenters. The summed E-state index contributed by atoms with van der Waals surface area (Å²) in [5.41, 5.74) is 0. The second-order valence-corrected chi connectivity index (χ2v) is 23.7. The van der Waals surface area contributed by atoms with E-state index in [-0.39, 0.29) is 25.1 Å². The van der Waals surface area contributed by atoms with Crippen molar-refractivity contribution in [3.63, 3.8) is 0 Å². The van der Waals surface area contributed by atoms with Gasteiger partial charge in [-0.2, -0.15) is 0 Å². The summed E-state index contributed by atoms with van der Waals surface area (Å²) < 4.78 is 30.7. The van der Waals surface area contributed by atoms with Gasteiger partial charge in [-0.3, -0.25) is 18.6 Å². The van der Waals surface area contributed by atoms with Gasteiger partial charge in [0.15, 0.2) is 0 Å². The van der Waals surface area contributed by atoms with Crippen molar-refractivity contribution in [1.82, 2.24) is 5.32 Å². The van der Waals surface area contributed by atoms with E-state index < -0.39 is 20.0 Å². The largest absolute Gasteiger partial charge is 0.472 e. The molecule has 0 saturated carbocycles. The van der Waals surface area contributed by atoms with Gasteiger partial charge in [0.2, 0.25) is 5.91 Å². The van der Waals surface area contributed by atoms with Crippen LogP contribution in [0.3, 0.4) is 0 Å². The van der Waals surface area contributed by atoms with Crippen LogP contribution in [0.2, 0.25) is 0 Å². The van der Waals surface area contributed by atoms with Gasteiger partial charge in [0.05, 0.1) is 33.8 Å². The number of carbonyl (C=O) groups is 2. The fraction of sp³-hybridized carbons (Fsp3) is 0.902. The highest BCUT2D eigenvalue weighted by molar-refractivity contribution is 7.47. The lowest BCUT2D eigenvalue weighted by Gasteiger charge is -2.27. The first-order valence-electron chi connectivity index (χ1n) is 30.7. The zero-order chi connectivity index (χ0) is 52.2. The van der Waals surface area contributed by atoms with Gasteiger partial charge in [0, 0.05) is 12.8 Å². The Hall–Kier alpha value is -1.51. The molecule has 1 amide bonds. The maximum Gasteiger partial charge on any atom is 0.472 e. The van der Waals surface area contributed by atoms with Crippen LogP contribution >= 0.6 is 7.82 Å². The zero-order valence-electron chi connectivity index (χ0n) is 48.0. The first kappa shape index (κ1) is 69.5. The fourth-order valence-electron chi connectivity index (χ4n) is 9.11. The van der Waals surface area contributed by atoms with Crippen LogP contribution < -0.4 is 5.32 Å². The molecule has 9 nitrogen and oxygen atoms in total. The smallest absolute Gasteiger partial charge is 0.456 e. The number of nitrogens with zero attached hydrogens (tertiary/aromatic N) is 1. The lowest BCUT2D eigenvalue weighted by molar-refractivity contribution is -0.870. The fourth-order valence-corrected chi connectivity index (χ4v) is 9.85. The summed E-state index contributed by atoms with van der Waals surface area (Å²) in [6, 6.07) is -0.844. The Kier molecular flexibility index (Phi) is 50.8. The minimum atomic E-state index is -4.44. The van der Waals surface area contributed by atoms with Crippen molar-refractivity contribution in [3.8, 4) is 0 Å². The summed E-state index contributed by atoms with van der Waals surface area (Å²) in [4.78, 5) is 37.6. The monoisotopic (exact) mass is 1020 g/mol. The van der Waals surface area contributed by atoms with E-state index in [1.54, 1.807) is 0 Å². The summed E-state index contributed by atoms with van der Waals surface area (Å²) in [6.07, 6.45) is 60.3. The third kappa shape index (κ3) is 53.1. The highest BCUT2D eigenvalue weighted by Crippen LogP contribution is 2.43. The van der Waals surface area contributed by atoms with Gasteiger partial charge in [0.1, 0.15) is 19.3 Å². The van der Waals surface area contributed by atoms with Crippen LogP contribution in [0, 0.1) is 0 Å². The molecule has 0 radical (unpaired) electrons. The third-order valence-electron chi connectivity index (χ3n) is 13.9. The molecule has 420 valence electrons. The Morgan fingerprint density at radius 1 is 0.479 bits per heavy atom. The van der Waals surface area contributed by atoms with Gasteiger partial charge in [-0.1, -0.05) is 257 Å². The van der Waals surface area contributed by atoms with Crippen molar-refractivity contribution in [1.29, 1.82) is 0 Å². The van der Waals surface area contributed by atoms with E-state index in [1.807, 2.05) is 33.3 Å². The Morgan fingerprint density at radius 3 is 1.21 bits per heavy atom. The van der Waals surface area contributed by atoms with E-state index in [1.165, 1.54) is 205 Å². The molecule has 0 aromatic carbocycles. The van der Waals surface area contributed by atoms with Gasteiger partial charge in [-0.05, 0) is 57.4 Å². The Morgan fingerprint density at radius 2 is 0.817 bits per heavy atom. The second kappa shape index (κ2) is 52.0. The molecule has 0 aromatic heterocycles. The number of nitrogens with one attached hydrogen (secondary N) is 1. The zero-order valence-corrected chi connectivity index (χ0v) is 48.9. The van der Waals surface area contributed by atoms with Crippen molar-refractivity contribution < 1.29 is 37.3 Å². The summed E-state index contributed by atoms with van der Waals surface area (Å²) in [7, 11) is 1.51. The van der Waals surface area contributed by atoms with Crippen molar-refractivity contribution >= 4 is 19.7 Å². The molecule has 0 aromatic rings. The van der Waals surface area contributed by atoms with Gasteiger partial charge in [-0.15, -0.1) is 0 Å². The van der Waals surface area contributed by atoms with E-state index in [0.717, 1.165) is 64.2 Å². The molecule has 10 heteroatoms. The first-order valence-corrected chi connectivity index (χ1v) is 32.2. The predicted molar refractivity (Wildman–Crippen MR) is 305 cm³/mol. The molecule has 0 aliphatic rings. The standard InChI is InChI=1S/C61H119N2O7P/c1-7-10-13-16-19-22-25-27-29-30-31-32-34-36-39-42-45-48-51-54-61(65)70-59(52-49-46-43-40-37-24-21-18-15-12-9-3)58(57-69-71(66,67)68-56-55-63(4,5)6)62-60(64)53-50-47-44-41-38-35-33-28-26-23-20-17-14-11-8-2/h23,26,49,52,58-59H,7-22,24-25,27-48,50-51,53-57H2,1-6H3,(H-,62,64,66,67)/p+1/b26-23-,52-49+. The highest BCUT2D eigenvalue weighted by atomic mass is 31.2. The summed E-state index contributed by atoms with van der Waals surface area (Å²) in [5, 5.41) is 3.05. The third-order valence-corrected chi connectivity index (χ3v) is 14.9. The molecule has 0 heterocycles. The van der Waals surface area contributed by atoms with Gasteiger partial charge >= 0.3 is 13.8 Å². The van der Waals surface area contributed by atoms with Gasteiger partial charge < -0.3 is 19.4 Å². The number of hydrogen-bond acceptors (Lipinski definition) is 6. The number of allylic oxidation sites excluding steroid dienone is 3. The van der Waals surface area contributed by atoms with Crippen molar-refractivity contribution in [2.24, 2.45) is 0 Å². The maximum absolute atomic E-state index is 13.5. The topological polar surface area (TPSA) is 111 Å². The predicted octanol–water partition coefficient (Wildman–Crippen LogP) is 18.6. The van der Waals surface area contributed by atoms with Crippen LogP contribution in [0.15, 0.2) is 24.3 Å². The molecule has 0 saturated heterocycles. The minimum absolute atomic E-state index is 0.0427. The molecular formula is C61H120N2O7P+. The number of unbranched alkanes of at least 4 members (excludes halogenated alkanes) is 38. The molecule has 71 heavy (non-hydrogen) atoms. The van der Waals surface area contributed by atoms with Gasteiger partial charge in [0.25, 0.3) is 0 Å². The number of carbonyl (C=O) groups excluding carboxylic acids is 2. The lowest BCUT2D eigenvalue weighted by atomic mass is 10.0. The number of quaternary nitrogens is 1. The highest BCUT2D eigenvalue weighted by Gasteiger charge is 2.30. The van der Waals surface area contributed by atoms with Crippen LogP contribution in [-0.4, -0.2) is 74.3 Å². The summed E-state index contributed by atoms with van der Waals surface area (Å²) >= 11 is 0. The molecule has 0 aliphatic carbocycles. The molecule has 2 N–H and O–H groups in total. The lowest BCUT2D eigenvalue weighted by Crippen LogP contribution is -2.47. The number of amides is 1. The normalized spacial score (nSPS) is 13.8. The van der Waals surface area contributed by atoms with Gasteiger partial charge in [-0.25, -0.2) is 4.57 Å². The molecule has 0 aliphatic heterocycles. The second-order valence-electron chi connectivity index (χ2n) is 22.2. The molecule has 0 spiro atoms. The van der Waals surface area contributed by atoms with E-state index in [2.05, 4.69) is 38.2 Å². The Balaban J connectivity index is 5.20. The van der Waals surface area contributed by atoms with Crippen molar-refractivity contribution in [2.75, 3.05) is 40.9 Å². The van der Waals surface area contributed by atoms with Crippen LogP contribution in [0.25, 0.3) is 0 Å². The van der Waals surface area contributed by atoms with E-state index in [0.29, 0.717) is 23.9 Å². The Bertz CT molecular complexity index is 1270. The quantitative estimate of drug-likeness (QED) is 0.0205. The number of likely N-dealkylation sites (N-methyl/N-ethyl adjacent to an activating group) is 1.